The number of rotatable bonds is 15. The zero-order chi connectivity index (χ0) is 43.3. The fraction of sp³-hybridized carbons (Fsp3) is 0.632. The van der Waals surface area contributed by atoms with Gasteiger partial charge in [0.05, 0.1) is 24.4 Å². The van der Waals surface area contributed by atoms with Crippen LogP contribution in [0.2, 0.25) is 0 Å². The highest BCUT2D eigenvalue weighted by atomic mass is 19.1. The van der Waals surface area contributed by atoms with Gasteiger partial charge in [0.25, 0.3) is 10.2 Å². The molecule has 4 aliphatic carbocycles. The first kappa shape index (κ1) is 43.2. The van der Waals surface area contributed by atoms with Crippen molar-refractivity contribution >= 4 is 23.7 Å². The monoisotopic (exact) mass is 836 g/mol. The number of benzene rings is 1. The van der Waals surface area contributed by atoms with Crippen LogP contribution in [0.1, 0.15) is 83.0 Å². The van der Waals surface area contributed by atoms with Crippen molar-refractivity contribution in [2.75, 3.05) is 19.8 Å². The lowest BCUT2D eigenvalue weighted by molar-refractivity contribution is -0.790. The van der Waals surface area contributed by atoms with Crippen molar-refractivity contribution in [1.82, 2.24) is 0 Å². The Morgan fingerprint density at radius 1 is 1.05 bits per heavy atom. The van der Waals surface area contributed by atoms with E-state index in [2.05, 4.69) is 9.68 Å². The number of halogens is 1. The Kier molecular flexibility index (Phi) is 11.4. The van der Waals surface area contributed by atoms with E-state index in [1.54, 1.807) is 27.7 Å². The summed E-state index contributed by atoms with van der Waals surface area (Å²) in [5.74, 6) is -7.26. The number of esters is 1. The van der Waals surface area contributed by atoms with Gasteiger partial charge in [0.15, 0.2) is 40.9 Å². The molecule has 0 radical (unpaired) electrons. The van der Waals surface area contributed by atoms with Crippen molar-refractivity contribution in [3.8, 4) is 17.2 Å². The number of aliphatic hydroxyl groups is 1. The van der Waals surface area contributed by atoms with Crippen molar-refractivity contribution in [3.05, 3.63) is 61.7 Å². The molecule has 4 fully saturated rings. The first-order valence-electron chi connectivity index (χ1n) is 19.0. The van der Waals surface area contributed by atoms with Crippen LogP contribution in [0.4, 0.5) is 9.18 Å². The van der Waals surface area contributed by atoms with Crippen LogP contribution in [-0.2, 0) is 38.2 Å². The summed E-state index contributed by atoms with van der Waals surface area (Å²) in [5, 5.41) is 51.2. The van der Waals surface area contributed by atoms with Gasteiger partial charge in [-0.05, 0) is 95.9 Å². The van der Waals surface area contributed by atoms with Crippen molar-refractivity contribution in [3.63, 3.8) is 0 Å². The third kappa shape index (κ3) is 7.54. The lowest BCUT2D eigenvalue weighted by Crippen LogP contribution is -2.70. The van der Waals surface area contributed by atoms with Crippen LogP contribution in [0.15, 0.2) is 35.9 Å². The second-order valence-corrected chi connectivity index (χ2v) is 16.4. The molecule has 1 heterocycles. The molecule has 3 unspecified atom stereocenters. The highest BCUT2D eigenvalue weighted by Crippen LogP contribution is 2.72. The smallest absolute Gasteiger partial charge is 0.504 e. The maximum Gasteiger partial charge on any atom is 0.514 e. The second-order valence-electron chi connectivity index (χ2n) is 16.4. The molecule has 0 spiro atoms. The number of unbranched alkanes of at least 4 members (excludes halogenated alkanes) is 1. The molecule has 21 heteroatoms. The van der Waals surface area contributed by atoms with Gasteiger partial charge in [0.1, 0.15) is 12.7 Å². The first-order chi connectivity index (χ1) is 27.6. The maximum absolute atomic E-state index is 17.7. The van der Waals surface area contributed by atoms with Crippen LogP contribution in [0.5, 0.6) is 17.2 Å². The summed E-state index contributed by atoms with van der Waals surface area (Å²) >= 11 is 0. The number of allylic oxidation sites excluding steroid dienone is 4. The molecule has 20 nitrogen and oxygen atoms in total. The number of nitrogens with zero attached hydrogens (tertiary/aromatic N) is 2. The van der Waals surface area contributed by atoms with Crippen LogP contribution in [0.3, 0.4) is 0 Å². The third-order valence-electron chi connectivity index (χ3n) is 12.6. The Hall–Kier alpha value is -5.41. The topological polar surface area (TPSA) is 280 Å². The lowest BCUT2D eigenvalue weighted by atomic mass is 9.44. The minimum atomic E-state index is -2.19. The Morgan fingerprint density at radius 3 is 2.47 bits per heavy atom. The number of ether oxygens (including phenoxy) is 5. The molecule has 0 aromatic heterocycles. The van der Waals surface area contributed by atoms with Crippen LogP contribution in [-0.4, -0.2) is 104 Å². The fourth-order valence-electron chi connectivity index (χ4n) is 10.1. The number of ketones is 2. The van der Waals surface area contributed by atoms with Crippen LogP contribution >= 0.6 is 0 Å². The van der Waals surface area contributed by atoms with E-state index in [0.717, 1.165) is 12.1 Å². The van der Waals surface area contributed by atoms with E-state index in [0.29, 0.717) is 12.0 Å². The van der Waals surface area contributed by atoms with Crippen LogP contribution in [0.25, 0.3) is 0 Å². The molecular weight excluding hydrogens is 791 g/mol. The van der Waals surface area contributed by atoms with Gasteiger partial charge in [-0.25, -0.2) is 14.0 Å². The van der Waals surface area contributed by atoms with E-state index >= 15 is 4.39 Å². The van der Waals surface area contributed by atoms with Gasteiger partial charge in [-0.15, -0.1) is 20.2 Å². The molecule has 0 bridgehead atoms. The quantitative estimate of drug-likeness (QED) is 0.0558. The van der Waals surface area contributed by atoms with Gasteiger partial charge in [-0.3, -0.25) is 9.59 Å². The van der Waals surface area contributed by atoms with Gasteiger partial charge in [-0.1, -0.05) is 18.6 Å². The summed E-state index contributed by atoms with van der Waals surface area (Å²) in [6, 6.07) is 1.68. The summed E-state index contributed by atoms with van der Waals surface area (Å²) in [7, 11) is 0. The Labute approximate surface area is 335 Å². The molecule has 9 atom stereocenters. The number of carbonyl (C=O) groups excluding carboxylic acids is 4. The molecule has 1 aromatic carbocycles. The average molecular weight is 837 g/mol. The zero-order valence-corrected chi connectivity index (χ0v) is 32.6. The van der Waals surface area contributed by atoms with Crippen molar-refractivity contribution in [2.45, 2.75) is 108 Å². The molecule has 322 valence electrons. The third-order valence-corrected chi connectivity index (χ3v) is 12.6. The van der Waals surface area contributed by atoms with Crippen molar-refractivity contribution in [2.24, 2.45) is 22.7 Å². The number of Topliss-reactive ketones (excluding diaryl/α,β-unsaturated/α-hetero) is 1. The molecule has 1 aliphatic heterocycles. The van der Waals surface area contributed by atoms with Crippen molar-refractivity contribution < 1.29 is 82.4 Å². The number of carbonyl (C=O) groups is 4. The predicted molar refractivity (Wildman–Crippen MR) is 192 cm³/mol. The highest BCUT2D eigenvalue weighted by Gasteiger charge is 2.80. The Balaban J connectivity index is 1.11. The minimum absolute atomic E-state index is 0.0613. The van der Waals surface area contributed by atoms with E-state index in [4.69, 9.17) is 23.7 Å². The maximum atomic E-state index is 17.7. The first-order valence-corrected chi connectivity index (χ1v) is 19.0. The molecule has 0 amide bonds. The van der Waals surface area contributed by atoms with E-state index in [1.807, 2.05) is 0 Å². The van der Waals surface area contributed by atoms with Gasteiger partial charge in [0.2, 0.25) is 11.5 Å². The number of fused-ring (bicyclic) bond motifs is 7. The number of alkyl halides is 1. The summed E-state index contributed by atoms with van der Waals surface area (Å²) in [5.41, 5.74) is -6.30. The average Bonchev–Trinajstić information content (AvgIpc) is 3.56. The summed E-state index contributed by atoms with van der Waals surface area (Å²) in [6.45, 7) is 4.70. The number of aromatic hydroxyl groups is 2. The number of phenolic OH excluding ortho intramolecular Hbond substituents is 2. The molecule has 3 saturated carbocycles. The molecule has 59 heavy (non-hydrogen) atoms. The standard InChI is InChI=1S/C38H45FN2O18/c1-34(2)57-30-16-25-24-9-8-21-15-22(42)10-11-35(21,3)37(24,39)28(44)17-36(25,4)38(30,59-34)29(45)19-54-33(48)56-27-14-20(13-26(43)31(27)46)32(47)53-12-6-5-7-23(58-41(51)52)18-55-40(49)50/h10-11,13-15,23-25,28,30,43-44,46H,5-9,12,16-19H2,1-4H3/t23?,24?,25?,28-,30+,35-,36-,37-,38+/m0/s1. The van der Waals surface area contributed by atoms with Crippen molar-refractivity contribution in [1.29, 1.82) is 0 Å². The molecular formula is C38H45FN2O18. The second kappa shape index (κ2) is 15.6. The molecule has 6 rings (SSSR count). The van der Waals surface area contributed by atoms with Gasteiger partial charge < -0.3 is 48.7 Å². The number of hydrogen-bond acceptors (Lipinski definition) is 18. The summed E-state index contributed by atoms with van der Waals surface area (Å²) < 4.78 is 45.8. The van der Waals surface area contributed by atoms with E-state index in [-0.39, 0.29) is 56.5 Å². The van der Waals surface area contributed by atoms with Gasteiger partial charge in [0, 0.05) is 16.7 Å². The SMILES string of the molecule is CC1(C)O[C@@H]2CC3C4CCC5=CC(=O)C=C[C@]5(C)[C@@]4(F)[C@@H](O)C[C@]3(C)[C@]2(C(=O)COC(=O)Oc2cc(C(=O)OCCCCC(CO[N+](=O)[O-])O[N+](=O)[O-])cc(O)c2O)O1. The largest absolute Gasteiger partial charge is 0.514 e. The summed E-state index contributed by atoms with van der Waals surface area (Å²) in [6.07, 6.45) is -0.209. The predicted octanol–water partition coefficient (Wildman–Crippen LogP) is 4.17. The lowest BCUT2D eigenvalue weighted by Gasteiger charge is -2.62. The Bertz CT molecular complexity index is 1990. The number of hydrogen-bond donors (Lipinski definition) is 3. The van der Waals surface area contributed by atoms with Crippen LogP contribution in [0, 0.1) is 42.9 Å². The molecule has 5 aliphatic rings. The van der Waals surface area contributed by atoms with E-state index < -0.39 is 117 Å². The Morgan fingerprint density at radius 2 is 1.78 bits per heavy atom. The number of phenols is 2. The highest BCUT2D eigenvalue weighted by molar-refractivity contribution is 6.01. The molecule has 1 aromatic rings. The fourth-order valence-corrected chi connectivity index (χ4v) is 10.1. The summed E-state index contributed by atoms with van der Waals surface area (Å²) in [4.78, 5) is 81.8. The van der Waals surface area contributed by atoms with Gasteiger partial charge in [-0.2, -0.15) is 0 Å². The van der Waals surface area contributed by atoms with Crippen LogP contribution < -0.4 is 4.74 Å². The van der Waals surface area contributed by atoms with E-state index in [9.17, 15) is 54.7 Å². The number of aliphatic hydroxyl groups excluding tert-OH is 1. The van der Waals surface area contributed by atoms with E-state index in [1.165, 1.54) is 18.2 Å². The molecule has 1 saturated heterocycles. The minimum Gasteiger partial charge on any atom is -0.504 e. The van der Waals surface area contributed by atoms with Gasteiger partial charge >= 0.3 is 12.1 Å². The zero-order valence-electron chi connectivity index (χ0n) is 32.6. The molecule has 3 N–H and O–H groups in total. The normalized spacial score (nSPS) is 32.9.